The second-order valence-corrected chi connectivity index (χ2v) is 9.02. The number of hydrogen-bond acceptors (Lipinski definition) is 5. The molecule has 1 fully saturated rings. The summed E-state index contributed by atoms with van der Waals surface area (Å²) in [6.45, 7) is 3.11. The standard InChI is InChI=1S/C21H22N2O3S/c1-27(24,25)20-10-8-17(9-11-20)16-4-6-18(7-5-16)21-22-19(15-26-21)14-23-12-2-3-13-23/h4-11,15H,2-3,12-14H2,1H3. The molecule has 2 heterocycles. The Kier molecular flexibility index (Phi) is 4.85. The summed E-state index contributed by atoms with van der Waals surface area (Å²) in [6.07, 6.45) is 5.48. The van der Waals surface area contributed by atoms with E-state index in [2.05, 4.69) is 9.88 Å². The zero-order chi connectivity index (χ0) is 18.9. The van der Waals surface area contributed by atoms with E-state index in [-0.39, 0.29) is 0 Å². The van der Waals surface area contributed by atoms with Gasteiger partial charge in [0.15, 0.2) is 9.84 Å². The van der Waals surface area contributed by atoms with Crippen LogP contribution in [0.25, 0.3) is 22.6 Å². The Hall–Kier alpha value is -2.44. The van der Waals surface area contributed by atoms with Gasteiger partial charge < -0.3 is 4.42 Å². The van der Waals surface area contributed by atoms with Crippen LogP contribution in [0.1, 0.15) is 18.5 Å². The lowest BCUT2D eigenvalue weighted by molar-refractivity contribution is 0.327. The predicted octanol–water partition coefficient (Wildman–Crippen LogP) is 4.01. The molecule has 1 aromatic heterocycles. The van der Waals surface area contributed by atoms with Gasteiger partial charge in [0.25, 0.3) is 0 Å². The first-order valence-corrected chi connectivity index (χ1v) is 11.0. The van der Waals surface area contributed by atoms with Crippen molar-refractivity contribution < 1.29 is 12.8 Å². The van der Waals surface area contributed by atoms with Crippen molar-refractivity contribution in [3.05, 3.63) is 60.5 Å². The zero-order valence-electron chi connectivity index (χ0n) is 15.3. The minimum atomic E-state index is -3.18. The quantitative estimate of drug-likeness (QED) is 0.667. The fraction of sp³-hybridized carbons (Fsp3) is 0.286. The van der Waals surface area contributed by atoms with E-state index in [1.807, 2.05) is 36.4 Å². The Balaban J connectivity index is 1.49. The van der Waals surface area contributed by atoms with Crippen LogP contribution >= 0.6 is 0 Å². The summed E-state index contributed by atoms with van der Waals surface area (Å²) < 4.78 is 28.8. The normalized spacial score (nSPS) is 15.3. The topological polar surface area (TPSA) is 63.4 Å². The van der Waals surface area contributed by atoms with E-state index in [1.54, 1.807) is 18.4 Å². The maximum Gasteiger partial charge on any atom is 0.226 e. The van der Waals surface area contributed by atoms with Crippen molar-refractivity contribution in [1.29, 1.82) is 0 Å². The third-order valence-corrected chi connectivity index (χ3v) is 6.01. The third-order valence-electron chi connectivity index (χ3n) is 4.88. The van der Waals surface area contributed by atoms with E-state index >= 15 is 0 Å². The van der Waals surface area contributed by atoms with Crippen molar-refractivity contribution >= 4 is 9.84 Å². The fourth-order valence-electron chi connectivity index (χ4n) is 3.38. The minimum Gasteiger partial charge on any atom is -0.444 e. The molecule has 4 rings (SSSR count). The Morgan fingerprint density at radius 3 is 2.07 bits per heavy atom. The van der Waals surface area contributed by atoms with Crippen molar-refractivity contribution in [3.63, 3.8) is 0 Å². The molecule has 0 bridgehead atoms. The lowest BCUT2D eigenvalue weighted by Gasteiger charge is -2.11. The molecule has 27 heavy (non-hydrogen) atoms. The van der Waals surface area contributed by atoms with Gasteiger partial charge in [-0.1, -0.05) is 24.3 Å². The van der Waals surface area contributed by atoms with E-state index < -0.39 is 9.84 Å². The molecule has 5 nitrogen and oxygen atoms in total. The first-order valence-electron chi connectivity index (χ1n) is 9.07. The molecule has 0 unspecified atom stereocenters. The number of likely N-dealkylation sites (tertiary alicyclic amines) is 1. The van der Waals surface area contributed by atoms with Crippen molar-refractivity contribution in [3.8, 4) is 22.6 Å². The van der Waals surface area contributed by atoms with Crippen LogP contribution < -0.4 is 0 Å². The summed E-state index contributed by atoms with van der Waals surface area (Å²) in [5, 5.41) is 0. The molecule has 0 amide bonds. The second kappa shape index (κ2) is 7.29. The molecule has 0 atom stereocenters. The maximum atomic E-state index is 11.6. The van der Waals surface area contributed by atoms with Crippen LogP contribution in [0.5, 0.6) is 0 Å². The van der Waals surface area contributed by atoms with Gasteiger partial charge in [-0.25, -0.2) is 13.4 Å². The monoisotopic (exact) mass is 382 g/mol. The summed E-state index contributed by atoms with van der Waals surface area (Å²) in [5.74, 6) is 0.628. The smallest absolute Gasteiger partial charge is 0.226 e. The summed E-state index contributed by atoms with van der Waals surface area (Å²) in [5.41, 5.74) is 3.88. The minimum absolute atomic E-state index is 0.327. The fourth-order valence-corrected chi connectivity index (χ4v) is 4.01. The Morgan fingerprint density at radius 1 is 0.926 bits per heavy atom. The Bertz CT molecular complexity index is 1020. The molecular weight excluding hydrogens is 360 g/mol. The zero-order valence-corrected chi connectivity index (χ0v) is 16.1. The summed E-state index contributed by atoms with van der Waals surface area (Å²) in [4.78, 5) is 7.33. The molecule has 140 valence electrons. The van der Waals surface area contributed by atoms with Crippen molar-refractivity contribution in [2.75, 3.05) is 19.3 Å². The lowest BCUT2D eigenvalue weighted by Crippen LogP contribution is -2.18. The van der Waals surface area contributed by atoms with Crippen LogP contribution in [0.3, 0.4) is 0 Å². The number of sulfone groups is 1. The molecular formula is C21H22N2O3S. The highest BCUT2D eigenvalue weighted by atomic mass is 32.2. The van der Waals surface area contributed by atoms with Gasteiger partial charge in [0.05, 0.1) is 10.6 Å². The average Bonchev–Trinajstić information content (AvgIpc) is 3.34. The summed E-state index contributed by atoms with van der Waals surface area (Å²) in [6, 6.07) is 14.9. The van der Waals surface area contributed by atoms with Crippen LogP contribution in [0.4, 0.5) is 0 Å². The van der Waals surface area contributed by atoms with Crippen molar-refractivity contribution in [1.82, 2.24) is 9.88 Å². The third kappa shape index (κ3) is 4.12. The van der Waals surface area contributed by atoms with Gasteiger partial charge in [0.2, 0.25) is 5.89 Å². The first-order chi connectivity index (χ1) is 13.0. The molecule has 0 saturated carbocycles. The molecule has 0 aliphatic carbocycles. The first kappa shape index (κ1) is 17.9. The number of rotatable bonds is 5. The maximum absolute atomic E-state index is 11.6. The number of nitrogens with zero attached hydrogens (tertiary/aromatic N) is 2. The van der Waals surface area contributed by atoms with Gasteiger partial charge in [-0.15, -0.1) is 0 Å². The molecule has 6 heteroatoms. The van der Waals surface area contributed by atoms with Crippen LogP contribution in [-0.4, -0.2) is 37.6 Å². The largest absolute Gasteiger partial charge is 0.444 e. The Morgan fingerprint density at radius 2 is 1.48 bits per heavy atom. The molecule has 0 N–H and O–H groups in total. The van der Waals surface area contributed by atoms with Gasteiger partial charge in [0.1, 0.15) is 6.26 Å². The van der Waals surface area contributed by atoms with Crippen LogP contribution in [0.2, 0.25) is 0 Å². The number of oxazole rings is 1. The SMILES string of the molecule is CS(=O)(=O)c1ccc(-c2ccc(-c3nc(CN4CCCC4)co3)cc2)cc1. The van der Waals surface area contributed by atoms with Crippen LogP contribution in [0.15, 0.2) is 64.1 Å². The number of aromatic nitrogens is 1. The van der Waals surface area contributed by atoms with E-state index in [0.29, 0.717) is 10.8 Å². The average molecular weight is 382 g/mol. The van der Waals surface area contributed by atoms with Crippen molar-refractivity contribution in [2.24, 2.45) is 0 Å². The predicted molar refractivity (Wildman–Crippen MR) is 105 cm³/mol. The van der Waals surface area contributed by atoms with Crippen molar-refractivity contribution in [2.45, 2.75) is 24.3 Å². The van der Waals surface area contributed by atoms with Gasteiger partial charge in [-0.3, -0.25) is 4.90 Å². The van der Waals surface area contributed by atoms with E-state index in [0.717, 1.165) is 42.0 Å². The van der Waals surface area contributed by atoms with E-state index in [9.17, 15) is 8.42 Å². The highest BCUT2D eigenvalue weighted by Gasteiger charge is 2.15. The van der Waals surface area contributed by atoms with Crippen LogP contribution in [-0.2, 0) is 16.4 Å². The molecule has 0 radical (unpaired) electrons. The molecule has 1 saturated heterocycles. The molecule has 3 aromatic rings. The molecule has 0 spiro atoms. The molecule has 1 aliphatic heterocycles. The molecule has 2 aromatic carbocycles. The summed E-state index contributed by atoms with van der Waals surface area (Å²) >= 11 is 0. The number of benzene rings is 2. The summed E-state index contributed by atoms with van der Waals surface area (Å²) in [7, 11) is -3.18. The van der Waals surface area contributed by atoms with E-state index in [1.165, 1.54) is 19.1 Å². The molecule has 1 aliphatic rings. The number of hydrogen-bond donors (Lipinski definition) is 0. The Labute approximate surface area is 159 Å². The van der Waals surface area contributed by atoms with Gasteiger partial charge in [0, 0.05) is 18.4 Å². The highest BCUT2D eigenvalue weighted by Crippen LogP contribution is 2.26. The van der Waals surface area contributed by atoms with E-state index in [4.69, 9.17) is 4.42 Å². The second-order valence-electron chi connectivity index (χ2n) is 7.00. The van der Waals surface area contributed by atoms with Crippen LogP contribution in [0, 0.1) is 0 Å². The highest BCUT2D eigenvalue weighted by molar-refractivity contribution is 7.90. The van der Waals surface area contributed by atoms with Gasteiger partial charge in [-0.2, -0.15) is 0 Å². The van der Waals surface area contributed by atoms with Gasteiger partial charge in [-0.05, 0) is 61.3 Å². The lowest BCUT2D eigenvalue weighted by atomic mass is 10.0. The van der Waals surface area contributed by atoms with Gasteiger partial charge >= 0.3 is 0 Å².